The van der Waals surface area contributed by atoms with E-state index >= 15 is 0 Å². The Morgan fingerprint density at radius 1 is 1.44 bits per heavy atom. The molecule has 0 radical (unpaired) electrons. The molecular weight excluding hydrogens is 342 g/mol. The second-order valence-electron chi connectivity index (χ2n) is 6.35. The van der Waals surface area contributed by atoms with E-state index in [0.717, 1.165) is 36.3 Å². The fraction of sp³-hybridized carbons (Fsp3) is 0.300. The molecule has 0 aliphatic heterocycles. The van der Waals surface area contributed by atoms with Crippen molar-refractivity contribution in [3.8, 4) is 5.75 Å². The lowest BCUT2D eigenvalue weighted by Gasteiger charge is -2.25. The lowest BCUT2D eigenvalue weighted by Crippen LogP contribution is -2.19. The fourth-order valence-electron chi connectivity index (χ4n) is 3.12. The third-order valence-corrected chi connectivity index (χ3v) is 4.43. The molecule has 3 N–H and O–H groups in total. The van der Waals surface area contributed by atoms with Crippen molar-refractivity contribution < 1.29 is 9.47 Å². The summed E-state index contributed by atoms with van der Waals surface area (Å²) in [5, 5.41) is 8.35. The van der Waals surface area contributed by atoms with Gasteiger partial charge in [-0.1, -0.05) is 0 Å². The lowest BCUT2D eigenvalue weighted by molar-refractivity contribution is 0.177. The van der Waals surface area contributed by atoms with Crippen LogP contribution in [0.25, 0.3) is 0 Å². The minimum Gasteiger partial charge on any atom is -0.493 e. The van der Waals surface area contributed by atoms with Crippen molar-refractivity contribution in [2.75, 3.05) is 12.8 Å². The molecule has 2 aromatic rings. The number of benzene rings is 1. The van der Waals surface area contributed by atoms with E-state index in [1.807, 2.05) is 6.92 Å². The average Bonchev–Trinajstić information content (AvgIpc) is 2.67. The smallest absolute Gasteiger partial charge is 0.162 e. The number of aliphatic imine (C=N–C) groups is 1. The van der Waals surface area contributed by atoms with E-state index in [4.69, 9.17) is 20.6 Å². The Balaban J connectivity index is 1.89. The Morgan fingerprint density at radius 3 is 3.00 bits per heavy atom. The molecule has 0 saturated heterocycles. The maximum atomic E-state index is 8.35. The van der Waals surface area contributed by atoms with Gasteiger partial charge >= 0.3 is 0 Å². The maximum Gasteiger partial charge on any atom is 0.162 e. The van der Waals surface area contributed by atoms with Gasteiger partial charge in [0.05, 0.1) is 24.7 Å². The van der Waals surface area contributed by atoms with Gasteiger partial charge < -0.3 is 15.2 Å². The number of hydrogen-bond donors (Lipinski definition) is 2. The van der Waals surface area contributed by atoms with Crippen LogP contribution in [0.4, 0.5) is 5.69 Å². The molecule has 3 rings (SSSR count). The van der Waals surface area contributed by atoms with Crippen LogP contribution in [0.3, 0.4) is 0 Å². The number of nitrogens with zero attached hydrogens (tertiary/aromatic N) is 3. The largest absolute Gasteiger partial charge is 0.493 e. The summed E-state index contributed by atoms with van der Waals surface area (Å²) in [4.78, 5) is 12.8. The van der Waals surface area contributed by atoms with Crippen LogP contribution in [-0.2, 0) is 11.2 Å². The Kier molecular flexibility index (Phi) is 5.49. The molecule has 1 aliphatic carbocycles. The number of ether oxygens (including phenoxy) is 2. The number of rotatable bonds is 6. The molecule has 7 heteroatoms. The summed E-state index contributed by atoms with van der Waals surface area (Å²) in [5.74, 6) is 0.893. The van der Waals surface area contributed by atoms with E-state index in [1.54, 1.807) is 24.4 Å². The molecule has 1 aromatic carbocycles. The standard InChI is InChI=1S/C20H23N5O2/c1-12-10-24-20-16(25-12)5-4-6-17(20)27-13-7-8-15(21)14(9-13)19(22)18(26-3)11-23-2/h7-11,17,22H,2,4-6,21H2,1,3H3/b18-11-,22-19?. The summed E-state index contributed by atoms with van der Waals surface area (Å²) >= 11 is 0. The molecule has 0 bridgehead atoms. The maximum absolute atomic E-state index is 8.35. The number of anilines is 1. The van der Waals surface area contributed by atoms with Gasteiger partial charge in [-0.05, 0) is 51.1 Å². The quantitative estimate of drug-likeness (QED) is 0.464. The zero-order valence-corrected chi connectivity index (χ0v) is 15.5. The highest BCUT2D eigenvalue weighted by Gasteiger charge is 2.25. The molecule has 0 amide bonds. The minimum atomic E-state index is -0.167. The van der Waals surface area contributed by atoms with Crippen molar-refractivity contribution >= 4 is 18.1 Å². The van der Waals surface area contributed by atoms with Gasteiger partial charge in [0.15, 0.2) is 5.76 Å². The van der Waals surface area contributed by atoms with Crippen LogP contribution in [-0.4, -0.2) is 29.5 Å². The van der Waals surface area contributed by atoms with E-state index in [2.05, 4.69) is 21.7 Å². The Hall–Kier alpha value is -3.22. The van der Waals surface area contributed by atoms with E-state index < -0.39 is 0 Å². The lowest BCUT2D eigenvalue weighted by atomic mass is 9.97. The van der Waals surface area contributed by atoms with E-state index in [9.17, 15) is 0 Å². The van der Waals surface area contributed by atoms with Gasteiger partial charge in [-0.15, -0.1) is 0 Å². The number of aromatic nitrogens is 2. The van der Waals surface area contributed by atoms with Crippen molar-refractivity contribution in [2.24, 2.45) is 4.99 Å². The van der Waals surface area contributed by atoms with E-state index in [-0.39, 0.29) is 17.6 Å². The van der Waals surface area contributed by atoms with Gasteiger partial charge in [0.25, 0.3) is 0 Å². The summed E-state index contributed by atoms with van der Waals surface area (Å²) < 4.78 is 11.4. The molecule has 7 nitrogen and oxygen atoms in total. The topological polar surface area (TPSA) is 106 Å². The van der Waals surface area contributed by atoms with Crippen LogP contribution in [0.1, 0.15) is 41.6 Å². The monoisotopic (exact) mass is 365 g/mol. The third kappa shape index (κ3) is 3.97. The Morgan fingerprint density at radius 2 is 2.26 bits per heavy atom. The number of fused-ring (bicyclic) bond motifs is 1. The normalized spacial score (nSPS) is 16.4. The van der Waals surface area contributed by atoms with Crippen LogP contribution in [0, 0.1) is 12.3 Å². The van der Waals surface area contributed by atoms with Gasteiger partial charge in [0, 0.05) is 17.4 Å². The van der Waals surface area contributed by atoms with E-state index in [1.165, 1.54) is 13.3 Å². The van der Waals surface area contributed by atoms with Crippen molar-refractivity contribution in [2.45, 2.75) is 32.3 Å². The molecule has 1 aliphatic rings. The van der Waals surface area contributed by atoms with Gasteiger partial charge in [-0.2, -0.15) is 0 Å². The first-order valence-corrected chi connectivity index (χ1v) is 8.71. The molecule has 140 valence electrons. The number of nitrogen functional groups attached to an aromatic ring is 1. The number of nitrogens with one attached hydrogen (secondary N) is 1. The van der Waals surface area contributed by atoms with Crippen LogP contribution in [0.2, 0.25) is 0 Å². The van der Waals surface area contributed by atoms with Crippen molar-refractivity contribution in [1.82, 2.24) is 9.97 Å². The SMILES string of the molecule is C=N/C=C(\OC)C(=N)c1cc(OC2CCCc3nc(C)cnc32)ccc1N. The molecule has 1 atom stereocenters. The summed E-state index contributed by atoms with van der Waals surface area (Å²) in [6.07, 6.45) is 5.76. The van der Waals surface area contributed by atoms with Crippen LogP contribution in [0.15, 0.2) is 41.3 Å². The number of allylic oxidation sites excluding steroid dienone is 1. The van der Waals surface area contributed by atoms with Crippen LogP contribution in [0.5, 0.6) is 5.75 Å². The molecule has 0 saturated carbocycles. The molecular formula is C20H23N5O2. The highest BCUT2D eigenvalue weighted by Crippen LogP contribution is 2.33. The third-order valence-electron chi connectivity index (χ3n) is 4.43. The van der Waals surface area contributed by atoms with E-state index in [0.29, 0.717) is 17.0 Å². The first-order chi connectivity index (χ1) is 13.0. The summed E-state index contributed by atoms with van der Waals surface area (Å²) in [6, 6.07) is 5.26. The zero-order valence-electron chi connectivity index (χ0n) is 15.5. The van der Waals surface area contributed by atoms with Crippen molar-refractivity contribution in [3.63, 3.8) is 0 Å². The van der Waals surface area contributed by atoms with Crippen LogP contribution >= 0.6 is 0 Å². The molecule has 27 heavy (non-hydrogen) atoms. The molecule has 0 spiro atoms. The predicted molar refractivity (Wildman–Crippen MR) is 105 cm³/mol. The summed E-state index contributed by atoms with van der Waals surface area (Å²) in [5.41, 5.74) is 9.93. The van der Waals surface area contributed by atoms with Crippen molar-refractivity contribution in [1.29, 1.82) is 5.41 Å². The fourth-order valence-corrected chi connectivity index (χ4v) is 3.12. The average molecular weight is 365 g/mol. The van der Waals surface area contributed by atoms with Gasteiger partial charge in [0.1, 0.15) is 23.3 Å². The minimum absolute atomic E-state index is 0.118. The van der Waals surface area contributed by atoms with Gasteiger partial charge in [-0.3, -0.25) is 20.4 Å². The number of aryl methyl sites for hydroxylation is 2. The first kappa shape index (κ1) is 18.6. The number of methoxy groups -OCH3 is 1. The number of hydrogen-bond acceptors (Lipinski definition) is 7. The molecule has 1 unspecified atom stereocenters. The first-order valence-electron chi connectivity index (χ1n) is 8.71. The second-order valence-corrected chi connectivity index (χ2v) is 6.35. The molecule has 1 aromatic heterocycles. The highest BCUT2D eigenvalue weighted by molar-refractivity contribution is 6.12. The van der Waals surface area contributed by atoms with Gasteiger partial charge in [0.2, 0.25) is 0 Å². The Bertz CT molecular complexity index is 907. The second kappa shape index (κ2) is 7.99. The summed E-state index contributed by atoms with van der Waals surface area (Å²) in [6.45, 7) is 5.34. The molecule has 0 fully saturated rings. The van der Waals surface area contributed by atoms with Crippen LogP contribution < -0.4 is 10.5 Å². The number of nitrogens with two attached hydrogens (primary N) is 1. The highest BCUT2D eigenvalue weighted by atomic mass is 16.5. The predicted octanol–water partition coefficient (Wildman–Crippen LogP) is 3.38. The summed E-state index contributed by atoms with van der Waals surface area (Å²) in [7, 11) is 1.47. The zero-order chi connectivity index (χ0) is 19.4. The molecule has 1 heterocycles. The van der Waals surface area contributed by atoms with Gasteiger partial charge in [-0.25, -0.2) is 0 Å². The van der Waals surface area contributed by atoms with Crippen molar-refractivity contribution in [3.05, 3.63) is 59.0 Å². The Labute approximate surface area is 158 Å².